The Bertz CT molecular complexity index is 893. The number of benzene rings is 2. The molecule has 8 heteroatoms. The first-order valence-corrected chi connectivity index (χ1v) is 11.1. The van der Waals surface area contributed by atoms with Crippen molar-refractivity contribution >= 4 is 15.9 Å². The highest BCUT2D eigenvalue weighted by Crippen LogP contribution is 2.17. The number of hydrogen-bond donors (Lipinski definition) is 1. The van der Waals surface area contributed by atoms with Gasteiger partial charge < -0.3 is 10.1 Å². The average Bonchev–Trinajstić information content (AvgIpc) is 2.74. The van der Waals surface area contributed by atoms with E-state index in [2.05, 4.69) is 10.2 Å². The van der Waals surface area contributed by atoms with E-state index in [0.29, 0.717) is 49.9 Å². The van der Waals surface area contributed by atoms with E-state index in [9.17, 15) is 13.2 Å². The van der Waals surface area contributed by atoms with Gasteiger partial charge in [-0.1, -0.05) is 35.9 Å². The van der Waals surface area contributed by atoms with Gasteiger partial charge in [-0.2, -0.15) is 4.31 Å². The zero-order valence-corrected chi connectivity index (χ0v) is 17.4. The minimum Gasteiger partial charge on any atom is -0.484 e. The fourth-order valence-electron chi connectivity index (χ4n) is 3.12. The monoisotopic (exact) mass is 417 g/mol. The zero-order valence-electron chi connectivity index (χ0n) is 16.6. The van der Waals surface area contributed by atoms with Gasteiger partial charge in [0, 0.05) is 39.3 Å². The molecule has 1 fully saturated rings. The van der Waals surface area contributed by atoms with Gasteiger partial charge in [-0.25, -0.2) is 8.42 Å². The Morgan fingerprint density at radius 3 is 2.31 bits per heavy atom. The second kappa shape index (κ2) is 9.87. The SMILES string of the molecule is Cc1ccc(OCC(=O)NCCN2CCN(S(=O)(=O)c3ccccc3)CC2)cc1. The van der Waals surface area contributed by atoms with Crippen LogP contribution in [0.25, 0.3) is 0 Å². The summed E-state index contributed by atoms with van der Waals surface area (Å²) >= 11 is 0. The van der Waals surface area contributed by atoms with Crippen molar-refractivity contribution in [3.63, 3.8) is 0 Å². The molecule has 2 aromatic carbocycles. The van der Waals surface area contributed by atoms with E-state index in [-0.39, 0.29) is 12.5 Å². The molecule has 1 aliphatic heterocycles. The number of carbonyl (C=O) groups is 1. The molecule has 1 heterocycles. The van der Waals surface area contributed by atoms with Gasteiger partial charge in [0.1, 0.15) is 5.75 Å². The molecule has 1 amide bonds. The standard InChI is InChI=1S/C21H27N3O4S/c1-18-7-9-19(10-8-18)28-17-21(25)22-11-12-23-13-15-24(16-14-23)29(26,27)20-5-3-2-4-6-20/h2-10H,11-17H2,1H3,(H,22,25). The maximum absolute atomic E-state index is 12.6. The first-order chi connectivity index (χ1) is 13.9. The number of rotatable bonds is 8. The van der Waals surface area contributed by atoms with Gasteiger partial charge in [0.15, 0.2) is 6.61 Å². The van der Waals surface area contributed by atoms with Crippen molar-refractivity contribution in [1.29, 1.82) is 0 Å². The third kappa shape index (κ3) is 6.03. The Hall–Kier alpha value is -2.42. The fraction of sp³-hybridized carbons (Fsp3) is 0.381. The summed E-state index contributed by atoms with van der Waals surface area (Å²) < 4.78 is 32.3. The van der Waals surface area contributed by atoms with Crippen molar-refractivity contribution in [2.75, 3.05) is 45.9 Å². The van der Waals surface area contributed by atoms with Gasteiger partial charge >= 0.3 is 0 Å². The quantitative estimate of drug-likeness (QED) is 0.704. The molecule has 0 aromatic heterocycles. The Kier molecular flexibility index (Phi) is 7.24. The van der Waals surface area contributed by atoms with Gasteiger partial charge in [-0.05, 0) is 31.2 Å². The molecule has 0 unspecified atom stereocenters. The van der Waals surface area contributed by atoms with Crippen LogP contribution in [0.2, 0.25) is 0 Å². The molecule has 7 nitrogen and oxygen atoms in total. The van der Waals surface area contributed by atoms with Crippen LogP contribution in [-0.4, -0.2) is 69.4 Å². The number of aryl methyl sites for hydroxylation is 1. The maximum Gasteiger partial charge on any atom is 0.257 e. The predicted octanol–water partition coefficient (Wildman–Crippen LogP) is 1.50. The van der Waals surface area contributed by atoms with E-state index in [1.54, 1.807) is 30.3 Å². The van der Waals surface area contributed by atoms with Gasteiger partial charge in [-0.15, -0.1) is 0 Å². The number of ether oxygens (including phenoxy) is 1. The number of sulfonamides is 1. The van der Waals surface area contributed by atoms with E-state index in [0.717, 1.165) is 5.56 Å². The van der Waals surface area contributed by atoms with E-state index >= 15 is 0 Å². The number of hydrogen-bond acceptors (Lipinski definition) is 5. The van der Waals surface area contributed by atoms with Crippen LogP contribution in [-0.2, 0) is 14.8 Å². The van der Waals surface area contributed by atoms with Crippen LogP contribution in [0, 0.1) is 6.92 Å². The normalized spacial score (nSPS) is 15.8. The molecule has 0 spiro atoms. The van der Waals surface area contributed by atoms with Crippen LogP contribution in [0.5, 0.6) is 5.75 Å². The van der Waals surface area contributed by atoms with Crippen molar-refractivity contribution in [3.05, 3.63) is 60.2 Å². The molecule has 1 saturated heterocycles. The Morgan fingerprint density at radius 1 is 1.00 bits per heavy atom. The molecular weight excluding hydrogens is 390 g/mol. The molecule has 3 rings (SSSR count). The summed E-state index contributed by atoms with van der Waals surface area (Å²) in [6.07, 6.45) is 0. The number of amides is 1. The van der Waals surface area contributed by atoms with Crippen LogP contribution >= 0.6 is 0 Å². The first-order valence-electron chi connectivity index (χ1n) is 9.69. The molecule has 156 valence electrons. The lowest BCUT2D eigenvalue weighted by Crippen LogP contribution is -2.50. The van der Waals surface area contributed by atoms with E-state index in [1.807, 2.05) is 31.2 Å². The molecule has 0 bridgehead atoms. The van der Waals surface area contributed by atoms with E-state index < -0.39 is 10.0 Å². The number of nitrogens with one attached hydrogen (secondary N) is 1. The zero-order chi connectivity index (χ0) is 20.7. The van der Waals surface area contributed by atoms with Gasteiger partial charge in [0.2, 0.25) is 10.0 Å². The molecule has 0 saturated carbocycles. The van der Waals surface area contributed by atoms with Crippen LogP contribution in [0.15, 0.2) is 59.5 Å². The van der Waals surface area contributed by atoms with E-state index in [4.69, 9.17) is 4.74 Å². The van der Waals surface area contributed by atoms with Crippen LogP contribution < -0.4 is 10.1 Å². The minimum absolute atomic E-state index is 0.0217. The summed E-state index contributed by atoms with van der Waals surface area (Å²) in [5.41, 5.74) is 1.14. The molecular formula is C21H27N3O4S. The minimum atomic E-state index is -3.44. The van der Waals surface area contributed by atoms with Gasteiger partial charge in [0.05, 0.1) is 4.90 Å². The van der Waals surface area contributed by atoms with Crippen molar-refractivity contribution in [3.8, 4) is 5.75 Å². The maximum atomic E-state index is 12.6. The summed E-state index contributed by atoms with van der Waals surface area (Å²) in [5.74, 6) is 0.498. The van der Waals surface area contributed by atoms with Crippen molar-refractivity contribution < 1.29 is 17.9 Å². The third-order valence-electron chi connectivity index (χ3n) is 4.85. The number of nitrogens with zero attached hydrogens (tertiary/aromatic N) is 2. The Balaban J connectivity index is 1.35. The number of carbonyl (C=O) groups excluding carboxylic acids is 1. The molecule has 1 N–H and O–H groups in total. The van der Waals surface area contributed by atoms with Gasteiger partial charge in [-0.3, -0.25) is 9.69 Å². The highest BCUT2D eigenvalue weighted by Gasteiger charge is 2.28. The van der Waals surface area contributed by atoms with Crippen LogP contribution in [0.4, 0.5) is 0 Å². The van der Waals surface area contributed by atoms with Crippen LogP contribution in [0.3, 0.4) is 0 Å². The topological polar surface area (TPSA) is 79.0 Å². The third-order valence-corrected chi connectivity index (χ3v) is 6.77. The predicted molar refractivity (Wildman–Crippen MR) is 111 cm³/mol. The fourth-order valence-corrected chi connectivity index (χ4v) is 4.57. The lowest BCUT2D eigenvalue weighted by atomic mass is 10.2. The van der Waals surface area contributed by atoms with Crippen molar-refractivity contribution in [2.24, 2.45) is 0 Å². The van der Waals surface area contributed by atoms with Crippen LogP contribution in [0.1, 0.15) is 5.56 Å². The Labute approximate surface area is 172 Å². The second-order valence-electron chi connectivity index (χ2n) is 7.01. The first kappa shape index (κ1) is 21.3. The van der Waals surface area contributed by atoms with Crippen molar-refractivity contribution in [2.45, 2.75) is 11.8 Å². The largest absolute Gasteiger partial charge is 0.484 e. The number of piperazine rings is 1. The molecule has 1 aliphatic rings. The van der Waals surface area contributed by atoms with E-state index in [1.165, 1.54) is 4.31 Å². The summed E-state index contributed by atoms with van der Waals surface area (Å²) in [6, 6.07) is 16.1. The highest BCUT2D eigenvalue weighted by atomic mass is 32.2. The molecule has 2 aromatic rings. The Morgan fingerprint density at radius 2 is 1.66 bits per heavy atom. The summed E-state index contributed by atoms with van der Waals surface area (Å²) in [5, 5.41) is 2.84. The summed E-state index contributed by atoms with van der Waals surface area (Å²) in [4.78, 5) is 14.4. The molecule has 0 aliphatic carbocycles. The average molecular weight is 418 g/mol. The second-order valence-corrected chi connectivity index (χ2v) is 8.95. The molecule has 29 heavy (non-hydrogen) atoms. The molecule has 0 radical (unpaired) electrons. The lowest BCUT2D eigenvalue weighted by Gasteiger charge is -2.33. The highest BCUT2D eigenvalue weighted by molar-refractivity contribution is 7.89. The lowest BCUT2D eigenvalue weighted by molar-refractivity contribution is -0.123. The smallest absolute Gasteiger partial charge is 0.257 e. The van der Waals surface area contributed by atoms with Gasteiger partial charge in [0.25, 0.3) is 5.91 Å². The van der Waals surface area contributed by atoms with Crippen molar-refractivity contribution in [1.82, 2.24) is 14.5 Å². The summed E-state index contributed by atoms with van der Waals surface area (Å²) in [7, 11) is -3.44. The molecule has 0 atom stereocenters. The summed E-state index contributed by atoms with van der Waals surface area (Å²) in [6.45, 7) is 5.32.